The maximum absolute atomic E-state index is 6.23. The molecule has 0 atom stereocenters. The molecular weight excluding hydrogens is 258 g/mol. The highest BCUT2D eigenvalue weighted by Gasteiger charge is 2.17. The molecule has 0 fully saturated rings. The van der Waals surface area contributed by atoms with Crippen molar-refractivity contribution >= 4 is 11.0 Å². The fourth-order valence-electron chi connectivity index (χ4n) is 2.62. The standard InChI is InChI=1S/C18H21N3/c1-18(2,19)13-21-16-11-7-6-10-15(16)20-17(21)12-14-8-4-3-5-9-14/h3-11H,12-13,19H2,1-2H3. The van der Waals surface area contributed by atoms with Crippen molar-refractivity contribution < 1.29 is 0 Å². The zero-order valence-electron chi connectivity index (χ0n) is 12.6. The van der Waals surface area contributed by atoms with E-state index in [9.17, 15) is 0 Å². The molecule has 2 aromatic carbocycles. The molecule has 1 aromatic heterocycles. The SMILES string of the molecule is CC(C)(N)Cn1c(Cc2ccccc2)nc2ccccc21. The molecule has 1 heterocycles. The molecule has 21 heavy (non-hydrogen) atoms. The molecule has 0 aliphatic carbocycles. The number of imidazole rings is 1. The van der Waals surface area contributed by atoms with Gasteiger partial charge in [0.2, 0.25) is 0 Å². The Labute approximate surface area is 125 Å². The van der Waals surface area contributed by atoms with Crippen molar-refractivity contribution in [3.63, 3.8) is 0 Å². The number of nitrogens with zero attached hydrogens (tertiary/aromatic N) is 2. The van der Waals surface area contributed by atoms with Crippen molar-refractivity contribution in [1.82, 2.24) is 9.55 Å². The summed E-state index contributed by atoms with van der Waals surface area (Å²) in [6, 6.07) is 18.7. The zero-order valence-corrected chi connectivity index (χ0v) is 12.6. The zero-order chi connectivity index (χ0) is 14.9. The summed E-state index contributed by atoms with van der Waals surface area (Å²) in [7, 11) is 0. The molecule has 0 spiro atoms. The Morgan fingerprint density at radius 1 is 1.00 bits per heavy atom. The van der Waals surface area contributed by atoms with Crippen LogP contribution in [0.25, 0.3) is 11.0 Å². The van der Waals surface area contributed by atoms with E-state index >= 15 is 0 Å². The highest BCUT2D eigenvalue weighted by molar-refractivity contribution is 5.76. The molecule has 0 aliphatic rings. The number of rotatable bonds is 4. The topological polar surface area (TPSA) is 43.8 Å². The summed E-state index contributed by atoms with van der Waals surface area (Å²) in [5.74, 6) is 1.07. The molecule has 0 unspecified atom stereocenters. The van der Waals surface area contributed by atoms with Crippen molar-refractivity contribution in [2.45, 2.75) is 32.4 Å². The molecule has 3 nitrogen and oxygen atoms in total. The van der Waals surface area contributed by atoms with E-state index in [1.165, 1.54) is 5.56 Å². The van der Waals surface area contributed by atoms with Gasteiger partial charge in [0.1, 0.15) is 5.82 Å². The number of aromatic nitrogens is 2. The molecule has 3 rings (SSSR count). The number of nitrogens with two attached hydrogens (primary N) is 1. The Morgan fingerprint density at radius 3 is 2.38 bits per heavy atom. The van der Waals surface area contributed by atoms with E-state index in [1.54, 1.807) is 0 Å². The average molecular weight is 279 g/mol. The minimum Gasteiger partial charge on any atom is -0.326 e. The second kappa shape index (κ2) is 5.34. The van der Waals surface area contributed by atoms with Gasteiger partial charge in [-0.05, 0) is 31.5 Å². The van der Waals surface area contributed by atoms with E-state index in [1.807, 2.05) is 26.0 Å². The smallest absolute Gasteiger partial charge is 0.114 e. The fraction of sp³-hybridized carbons (Fsp3) is 0.278. The van der Waals surface area contributed by atoms with Crippen LogP contribution >= 0.6 is 0 Å². The lowest BCUT2D eigenvalue weighted by atomic mass is 10.1. The van der Waals surface area contributed by atoms with Gasteiger partial charge >= 0.3 is 0 Å². The van der Waals surface area contributed by atoms with E-state index in [0.717, 1.165) is 29.8 Å². The van der Waals surface area contributed by atoms with E-state index < -0.39 is 0 Å². The maximum atomic E-state index is 6.23. The van der Waals surface area contributed by atoms with Crippen LogP contribution in [0.4, 0.5) is 0 Å². The third-order valence-electron chi connectivity index (χ3n) is 3.50. The number of benzene rings is 2. The van der Waals surface area contributed by atoms with Gasteiger partial charge in [-0.3, -0.25) is 0 Å². The van der Waals surface area contributed by atoms with Crippen molar-refractivity contribution in [1.29, 1.82) is 0 Å². The molecule has 0 radical (unpaired) electrons. The summed E-state index contributed by atoms with van der Waals surface area (Å²) in [6.45, 7) is 4.86. The number of para-hydroxylation sites is 2. The van der Waals surface area contributed by atoms with Gasteiger partial charge in [-0.2, -0.15) is 0 Å². The highest BCUT2D eigenvalue weighted by atomic mass is 15.1. The van der Waals surface area contributed by atoms with Crippen LogP contribution in [-0.4, -0.2) is 15.1 Å². The lowest BCUT2D eigenvalue weighted by Crippen LogP contribution is -2.37. The highest BCUT2D eigenvalue weighted by Crippen LogP contribution is 2.20. The molecule has 0 amide bonds. The molecule has 3 aromatic rings. The van der Waals surface area contributed by atoms with Crippen LogP contribution in [0.2, 0.25) is 0 Å². The lowest BCUT2D eigenvalue weighted by molar-refractivity contribution is 0.433. The van der Waals surface area contributed by atoms with Crippen molar-refractivity contribution in [2.75, 3.05) is 0 Å². The van der Waals surface area contributed by atoms with Crippen LogP contribution in [0.15, 0.2) is 54.6 Å². The van der Waals surface area contributed by atoms with Crippen LogP contribution in [-0.2, 0) is 13.0 Å². The Hall–Kier alpha value is -2.13. The van der Waals surface area contributed by atoms with Gasteiger partial charge in [-0.1, -0.05) is 42.5 Å². The van der Waals surface area contributed by atoms with Gasteiger partial charge in [0.25, 0.3) is 0 Å². The van der Waals surface area contributed by atoms with E-state index in [-0.39, 0.29) is 5.54 Å². The average Bonchev–Trinajstić information content (AvgIpc) is 2.76. The van der Waals surface area contributed by atoms with Crippen LogP contribution < -0.4 is 5.73 Å². The third-order valence-corrected chi connectivity index (χ3v) is 3.50. The maximum Gasteiger partial charge on any atom is 0.114 e. The monoisotopic (exact) mass is 279 g/mol. The van der Waals surface area contributed by atoms with Gasteiger partial charge in [-0.25, -0.2) is 4.98 Å². The minimum absolute atomic E-state index is 0.269. The second-order valence-corrected chi connectivity index (χ2v) is 6.25. The van der Waals surface area contributed by atoms with Gasteiger partial charge in [-0.15, -0.1) is 0 Å². The largest absolute Gasteiger partial charge is 0.326 e. The van der Waals surface area contributed by atoms with Crippen molar-refractivity contribution in [3.05, 3.63) is 66.0 Å². The summed E-state index contributed by atoms with van der Waals surface area (Å²) in [6.07, 6.45) is 0.825. The predicted octanol–water partition coefficient (Wildman–Crippen LogP) is 3.36. The predicted molar refractivity (Wildman–Crippen MR) is 87.2 cm³/mol. The van der Waals surface area contributed by atoms with Crippen LogP contribution in [0.5, 0.6) is 0 Å². The molecule has 108 valence electrons. The summed E-state index contributed by atoms with van der Waals surface area (Å²) < 4.78 is 2.25. The summed E-state index contributed by atoms with van der Waals surface area (Å²) in [5.41, 5.74) is 9.42. The quantitative estimate of drug-likeness (QED) is 0.795. The molecule has 0 aliphatic heterocycles. The molecule has 0 bridgehead atoms. The lowest BCUT2D eigenvalue weighted by Gasteiger charge is -2.21. The van der Waals surface area contributed by atoms with E-state index in [4.69, 9.17) is 10.7 Å². The normalized spacial score (nSPS) is 12.0. The van der Waals surface area contributed by atoms with E-state index in [0.29, 0.717) is 0 Å². The molecule has 3 heteroatoms. The van der Waals surface area contributed by atoms with E-state index in [2.05, 4.69) is 47.0 Å². The Bertz CT molecular complexity index is 736. The van der Waals surface area contributed by atoms with Crippen molar-refractivity contribution in [2.24, 2.45) is 5.73 Å². The molecule has 2 N–H and O–H groups in total. The third kappa shape index (κ3) is 3.14. The van der Waals surface area contributed by atoms with Crippen LogP contribution in [0, 0.1) is 0 Å². The Morgan fingerprint density at radius 2 is 1.67 bits per heavy atom. The summed E-state index contributed by atoms with van der Waals surface area (Å²) >= 11 is 0. The molecular formula is C18H21N3. The van der Waals surface area contributed by atoms with Crippen molar-refractivity contribution in [3.8, 4) is 0 Å². The van der Waals surface area contributed by atoms with Gasteiger partial charge < -0.3 is 10.3 Å². The molecule has 0 saturated carbocycles. The Kier molecular flexibility index (Phi) is 3.52. The summed E-state index contributed by atoms with van der Waals surface area (Å²) in [5, 5.41) is 0. The number of hydrogen-bond acceptors (Lipinski definition) is 2. The first-order chi connectivity index (χ1) is 10.0. The van der Waals surface area contributed by atoms with Crippen LogP contribution in [0.1, 0.15) is 25.2 Å². The number of fused-ring (bicyclic) bond motifs is 1. The number of hydrogen-bond donors (Lipinski definition) is 1. The van der Waals surface area contributed by atoms with Gasteiger partial charge in [0.15, 0.2) is 0 Å². The first kappa shape index (κ1) is 13.8. The second-order valence-electron chi connectivity index (χ2n) is 6.25. The Balaban J connectivity index is 2.06. The fourth-order valence-corrected chi connectivity index (χ4v) is 2.62. The molecule has 0 saturated heterocycles. The first-order valence-corrected chi connectivity index (χ1v) is 7.30. The van der Waals surface area contributed by atoms with Crippen LogP contribution in [0.3, 0.4) is 0 Å². The first-order valence-electron chi connectivity index (χ1n) is 7.30. The van der Waals surface area contributed by atoms with Gasteiger partial charge in [0, 0.05) is 18.5 Å². The summed E-state index contributed by atoms with van der Waals surface area (Å²) in [4.78, 5) is 4.80. The van der Waals surface area contributed by atoms with Gasteiger partial charge in [0.05, 0.1) is 11.0 Å². The minimum atomic E-state index is -0.269.